The van der Waals surface area contributed by atoms with E-state index < -0.39 is 0 Å². The zero-order chi connectivity index (χ0) is 4.41. The van der Waals surface area contributed by atoms with Crippen molar-refractivity contribution in [2.75, 3.05) is 6.61 Å². The van der Waals surface area contributed by atoms with Gasteiger partial charge in [0.05, 0.1) is 6.61 Å². The van der Waals surface area contributed by atoms with Crippen LogP contribution in [0.4, 0.5) is 0 Å². The molecule has 1 fully saturated rings. The molecule has 2 nitrogen and oxygen atoms in total. The van der Waals surface area contributed by atoms with E-state index in [4.69, 9.17) is 0 Å². The van der Waals surface area contributed by atoms with E-state index in [1.54, 1.807) is 0 Å². The zero-order valence-electron chi connectivity index (χ0n) is 4.44. The monoisotopic (exact) mass is 93.1 g/mol. The van der Waals surface area contributed by atoms with Gasteiger partial charge in [-0.2, -0.15) is 0 Å². The Hall–Kier alpha value is 0.0674. The quantitative estimate of drug-likeness (QED) is 0.310. The molecule has 1 heterocycles. The topological polar surface area (TPSA) is 26.3 Å². The van der Waals surface area contributed by atoms with Crippen LogP contribution >= 0.6 is 0 Å². The predicted molar refractivity (Wildman–Crippen MR) is 25.9 cm³/mol. The van der Waals surface area contributed by atoms with Gasteiger partial charge < -0.3 is 4.74 Å². The fraction of sp³-hybridized carbons (Fsp3) is 0.750. The number of hydrogen-bond donors (Lipinski definition) is 0. The van der Waals surface area contributed by atoms with E-state index in [1.807, 2.05) is 0 Å². The minimum atomic E-state index is -0.0463. The fourth-order valence-electron chi connectivity index (χ4n) is 0.475. The van der Waals surface area contributed by atoms with Gasteiger partial charge in [-0.15, -0.1) is 0 Å². The number of esters is 1. The van der Waals surface area contributed by atoms with Gasteiger partial charge >= 0.3 is 5.97 Å². The molecule has 0 bridgehead atoms. The van der Waals surface area contributed by atoms with Crippen LogP contribution in [-0.4, -0.2) is 31.4 Å². The Balaban J connectivity index is 0.000000360. The molecule has 0 aromatic heterocycles. The standard InChI is InChI=1S/C4H6O2.Li/c5-4-2-1-3-6-4;/h1-3H2;. The summed E-state index contributed by atoms with van der Waals surface area (Å²) in [4.78, 5) is 10.0. The molecule has 0 unspecified atom stereocenters. The van der Waals surface area contributed by atoms with Crippen LogP contribution in [0.2, 0.25) is 0 Å². The number of hydrogen-bond acceptors (Lipinski definition) is 2. The van der Waals surface area contributed by atoms with Crippen molar-refractivity contribution in [3.05, 3.63) is 0 Å². The number of carbonyl (C=O) groups excluding carboxylic acids is 1. The first-order valence-electron chi connectivity index (χ1n) is 2.05. The molecule has 0 aliphatic carbocycles. The van der Waals surface area contributed by atoms with Gasteiger partial charge in [-0.1, -0.05) is 0 Å². The number of rotatable bonds is 0. The fourth-order valence-corrected chi connectivity index (χ4v) is 0.475. The van der Waals surface area contributed by atoms with Crippen LogP contribution in [0.5, 0.6) is 0 Å². The molecule has 1 rings (SSSR count). The number of carbonyl (C=O) groups is 1. The normalized spacial score (nSPS) is 18.0. The molecule has 0 aromatic rings. The molecular weight excluding hydrogens is 87.0 g/mol. The zero-order valence-corrected chi connectivity index (χ0v) is 4.44. The van der Waals surface area contributed by atoms with Crippen molar-refractivity contribution in [2.45, 2.75) is 12.8 Å². The third-order valence-electron chi connectivity index (χ3n) is 0.788. The molecule has 7 heavy (non-hydrogen) atoms. The first kappa shape index (κ1) is 7.07. The van der Waals surface area contributed by atoms with Crippen molar-refractivity contribution in [1.29, 1.82) is 0 Å². The predicted octanol–water partition coefficient (Wildman–Crippen LogP) is -0.0574. The summed E-state index contributed by atoms with van der Waals surface area (Å²) >= 11 is 0. The van der Waals surface area contributed by atoms with Gasteiger partial charge in [0, 0.05) is 25.3 Å². The van der Waals surface area contributed by atoms with Crippen molar-refractivity contribution in [1.82, 2.24) is 0 Å². The summed E-state index contributed by atoms with van der Waals surface area (Å²) in [5.74, 6) is -0.0463. The van der Waals surface area contributed by atoms with Crippen LogP contribution in [0, 0.1) is 0 Å². The van der Waals surface area contributed by atoms with Gasteiger partial charge in [-0.3, -0.25) is 4.79 Å². The molecule has 0 aromatic carbocycles. The molecule has 0 N–H and O–H groups in total. The summed E-state index contributed by atoms with van der Waals surface area (Å²) in [6.45, 7) is 0.638. The Morgan fingerprint density at radius 1 is 1.57 bits per heavy atom. The van der Waals surface area contributed by atoms with Crippen LogP contribution in [0.25, 0.3) is 0 Å². The molecule has 1 saturated heterocycles. The van der Waals surface area contributed by atoms with Gasteiger partial charge in [-0.25, -0.2) is 0 Å². The van der Waals surface area contributed by atoms with Crippen molar-refractivity contribution >= 4 is 24.8 Å². The molecule has 3 heteroatoms. The molecule has 0 saturated carbocycles. The van der Waals surface area contributed by atoms with Crippen LogP contribution < -0.4 is 0 Å². The largest absolute Gasteiger partial charge is 0.466 e. The van der Waals surface area contributed by atoms with Crippen molar-refractivity contribution in [3.63, 3.8) is 0 Å². The minimum Gasteiger partial charge on any atom is -0.466 e. The summed E-state index contributed by atoms with van der Waals surface area (Å²) in [5.41, 5.74) is 0. The summed E-state index contributed by atoms with van der Waals surface area (Å²) in [7, 11) is 0. The third kappa shape index (κ3) is 2.01. The van der Waals surface area contributed by atoms with Gasteiger partial charge in [0.1, 0.15) is 0 Å². The van der Waals surface area contributed by atoms with E-state index in [1.165, 1.54) is 0 Å². The maximum Gasteiger partial charge on any atom is 0.305 e. The van der Waals surface area contributed by atoms with E-state index in [0.717, 1.165) is 6.42 Å². The summed E-state index contributed by atoms with van der Waals surface area (Å²) < 4.78 is 4.51. The Labute approximate surface area is 54.4 Å². The van der Waals surface area contributed by atoms with Crippen molar-refractivity contribution in [3.8, 4) is 0 Å². The molecule has 1 radical (unpaired) electrons. The van der Waals surface area contributed by atoms with Gasteiger partial charge in [-0.05, 0) is 6.42 Å². The maximum absolute atomic E-state index is 10.0. The Morgan fingerprint density at radius 2 is 2.29 bits per heavy atom. The average Bonchev–Trinajstić information content (AvgIpc) is 1.86. The molecule has 1 aliphatic heterocycles. The van der Waals surface area contributed by atoms with Crippen LogP contribution in [-0.2, 0) is 9.53 Å². The van der Waals surface area contributed by atoms with E-state index in [2.05, 4.69) is 4.74 Å². The molecular formula is C4H6LiO2. The molecule has 0 atom stereocenters. The first-order valence-corrected chi connectivity index (χ1v) is 2.05. The molecule has 0 amide bonds. The van der Waals surface area contributed by atoms with Crippen LogP contribution in [0.1, 0.15) is 12.8 Å². The second kappa shape index (κ2) is 3.12. The van der Waals surface area contributed by atoms with Crippen molar-refractivity contribution < 1.29 is 9.53 Å². The smallest absolute Gasteiger partial charge is 0.305 e. The number of cyclic esters (lactones) is 1. The van der Waals surface area contributed by atoms with E-state index in [0.29, 0.717) is 13.0 Å². The second-order valence-electron chi connectivity index (χ2n) is 1.32. The van der Waals surface area contributed by atoms with Gasteiger partial charge in [0.25, 0.3) is 0 Å². The SMILES string of the molecule is O=C1CCCO1.[Li]. The molecule has 35 valence electrons. The second-order valence-corrected chi connectivity index (χ2v) is 1.32. The van der Waals surface area contributed by atoms with Gasteiger partial charge in [0.2, 0.25) is 0 Å². The van der Waals surface area contributed by atoms with E-state index in [-0.39, 0.29) is 24.8 Å². The summed E-state index contributed by atoms with van der Waals surface area (Å²) in [6, 6.07) is 0. The number of ether oxygens (including phenoxy) is 1. The Morgan fingerprint density at radius 3 is 2.43 bits per heavy atom. The van der Waals surface area contributed by atoms with Crippen LogP contribution in [0.3, 0.4) is 0 Å². The third-order valence-corrected chi connectivity index (χ3v) is 0.788. The molecule has 1 aliphatic rings. The van der Waals surface area contributed by atoms with Crippen molar-refractivity contribution in [2.24, 2.45) is 0 Å². The van der Waals surface area contributed by atoms with E-state index >= 15 is 0 Å². The van der Waals surface area contributed by atoms with Crippen LogP contribution in [0.15, 0.2) is 0 Å². The molecule has 0 spiro atoms. The van der Waals surface area contributed by atoms with E-state index in [9.17, 15) is 4.79 Å². The first-order chi connectivity index (χ1) is 2.89. The maximum atomic E-state index is 10.0. The summed E-state index contributed by atoms with van der Waals surface area (Å²) in [5, 5.41) is 0. The minimum absolute atomic E-state index is 0. The Bertz CT molecular complexity index is 64.1. The summed E-state index contributed by atoms with van der Waals surface area (Å²) in [6.07, 6.45) is 1.54. The average molecular weight is 93.0 g/mol. The Kier molecular flexibility index (Phi) is 3.15. The van der Waals surface area contributed by atoms with Gasteiger partial charge in [0.15, 0.2) is 0 Å².